The number of anilines is 2. The Morgan fingerprint density at radius 2 is 2.00 bits per heavy atom. The Hall–Kier alpha value is -3.37. The number of carbonyl (C=O) groups excluding carboxylic acids is 2. The van der Waals surface area contributed by atoms with Crippen molar-refractivity contribution in [2.45, 2.75) is 54.6 Å². The predicted octanol–water partition coefficient (Wildman–Crippen LogP) is 4.32. The second-order valence-electron chi connectivity index (χ2n) is 10.1. The molecule has 1 aromatic carbocycles. The summed E-state index contributed by atoms with van der Waals surface area (Å²) in [6.45, 7) is 0.431. The largest absolute Gasteiger partial charge is 0.481 e. The molecule has 1 saturated carbocycles. The van der Waals surface area contributed by atoms with Crippen LogP contribution in [0.15, 0.2) is 47.5 Å². The Kier molecular flexibility index (Phi) is 5.95. The van der Waals surface area contributed by atoms with Gasteiger partial charge in [0.05, 0.1) is 41.7 Å². The maximum atomic E-state index is 12.9. The number of methoxy groups -OCH3 is 1. The molecule has 2 amide bonds. The molecule has 10 heteroatoms. The molecule has 1 spiro atoms. The van der Waals surface area contributed by atoms with Crippen LogP contribution in [-0.4, -0.2) is 57.7 Å². The molecular formula is C27H28N4O5S. The molecule has 0 unspecified atom stereocenters. The van der Waals surface area contributed by atoms with E-state index in [9.17, 15) is 14.7 Å². The number of rotatable bonds is 5. The third kappa shape index (κ3) is 4.59. The fourth-order valence-corrected chi connectivity index (χ4v) is 6.27. The SMILES string of the molecule is COc1ccc2nccc(CC[C@]3(O)CC[C@@]4(CC3)CN(c3ccc5c(c3)NC(=O)CS5)C(=O)O4)c2n1. The van der Waals surface area contributed by atoms with E-state index in [1.807, 2.05) is 30.3 Å². The Bertz CT molecular complexity index is 1390. The molecule has 1 saturated heterocycles. The topological polar surface area (TPSA) is 114 Å². The van der Waals surface area contributed by atoms with Crippen LogP contribution in [0.4, 0.5) is 16.2 Å². The molecular weight excluding hydrogens is 492 g/mol. The highest BCUT2D eigenvalue weighted by molar-refractivity contribution is 8.00. The number of benzene rings is 1. The Labute approximate surface area is 218 Å². The molecule has 4 heterocycles. The van der Waals surface area contributed by atoms with E-state index in [4.69, 9.17) is 9.47 Å². The smallest absolute Gasteiger partial charge is 0.415 e. The third-order valence-corrected chi connectivity index (χ3v) is 8.75. The van der Waals surface area contributed by atoms with Crippen molar-refractivity contribution in [3.05, 3.63) is 48.2 Å². The lowest BCUT2D eigenvalue weighted by Crippen LogP contribution is -2.45. The van der Waals surface area contributed by atoms with Gasteiger partial charge in [-0.15, -0.1) is 11.8 Å². The van der Waals surface area contributed by atoms with Gasteiger partial charge in [-0.05, 0) is 74.4 Å². The van der Waals surface area contributed by atoms with Gasteiger partial charge in [-0.25, -0.2) is 9.78 Å². The lowest BCUT2D eigenvalue weighted by molar-refractivity contribution is -0.113. The van der Waals surface area contributed by atoms with Gasteiger partial charge in [0.25, 0.3) is 0 Å². The first-order valence-electron chi connectivity index (χ1n) is 12.4. The van der Waals surface area contributed by atoms with E-state index in [1.54, 1.807) is 24.3 Å². The molecule has 3 aromatic rings. The highest BCUT2D eigenvalue weighted by Gasteiger charge is 2.50. The van der Waals surface area contributed by atoms with Crippen molar-refractivity contribution in [2.24, 2.45) is 0 Å². The summed E-state index contributed by atoms with van der Waals surface area (Å²) in [5.41, 5.74) is 2.58. The number of aromatic nitrogens is 2. The number of pyridine rings is 2. The number of ether oxygens (including phenoxy) is 2. The molecule has 2 N–H and O–H groups in total. The van der Waals surface area contributed by atoms with Crippen molar-refractivity contribution >= 4 is 46.2 Å². The van der Waals surface area contributed by atoms with Gasteiger partial charge in [0.15, 0.2) is 0 Å². The normalized spacial score (nSPS) is 25.2. The second kappa shape index (κ2) is 9.18. The van der Waals surface area contributed by atoms with Crippen LogP contribution < -0.4 is 15.0 Å². The van der Waals surface area contributed by atoms with Gasteiger partial charge >= 0.3 is 6.09 Å². The highest BCUT2D eigenvalue weighted by Crippen LogP contribution is 2.45. The summed E-state index contributed by atoms with van der Waals surface area (Å²) in [4.78, 5) is 36.2. The lowest BCUT2D eigenvalue weighted by Gasteiger charge is -2.40. The number of aliphatic hydroxyl groups is 1. The fraction of sp³-hybridized carbons (Fsp3) is 0.407. The molecule has 3 aliphatic rings. The first-order chi connectivity index (χ1) is 17.9. The average Bonchev–Trinajstić information content (AvgIpc) is 3.24. The van der Waals surface area contributed by atoms with Crippen molar-refractivity contribution < 1.29 is 24.2 Å². The summed E-state index contributed by atoms with van der Waals surface area (Å²) >= 11 is 1.49. The van der Waals surface area contributed by atoms with Crippen LogP contribution in [0.5, 0.6) is 5.88 Å². The van der Waals surface area contributed by atoms with Gasteiger partial charge < -0.3 is 19.9 Å². The van der Waals surface area contributed by atoms with Crippen LogP contribution in [0.3, 0.4) is 0 Å². The van der Waals surface area contributed by atoms with Gasteiger partial charge in [-0.3, -0.25) is 14.7 Å². The zero-order valence-electron chi connectivity index (χ0n) is 20.5. The van der Waals surface area contributed by atoms with E-state index < -0.39 is 11.2 Å². The number of hydrogen-bond donors (Lipinski definition) is 2. The van der Waals surface area contributed by atoms with Gasteiger partial charge in [0.2, 0.25) is 11.8 Å². The van der Waals surface area contributed by atoms with Crippen LogP contribution in [-0.2, 0) is 16.0 Å². The number of thioether (sulfide) groups is 1. The van der Waals surface area contributed by atoms with E-state index in [0.717, 1.165) is 27.2 Å². The first kappa shape index (κ1) is 24.0. The van der Waals surface area contributed by atoms with Crippen LogP contribution in [0.2, 0.25) is 0 Å². The summed E-state index contributed by atoms with van der Waals surface area (Å²) in [5, 5.41) is 14.3. The van der Waals surface area contributed by atoms with Gasteiger partial charge in [0.1, 0.15) is 5.60 Å². The number of nitrogens with zero attached hydrogens (tertiary/aromatic N) is 3. The van der Waals surface area contributed by atoms with Crippen LogP contribution in [0.25, 0.3) is 11.0 Å². The number of hydrogen-bond acceptors (Lipinski definition) is 8. The number of carbonyl (C=O) groups is 2. The van der Waals surface area contributed by atoms with E-state index in [1.165, 1.54) is 11.8 Å². The summed E-state index contributed by atoms with van der Waals surface area (Å²) in [7, 11) is 1.59. The number of aryl methyl sites for hydroxylation is 1. The quantitative estimate of drug-likeness (QED) is 0.512. The lowest BCUT2D eigenvalue weighted by atomic mass is 9.73. The van der Waals surface area contributed by atoms with Crippen molar-refractivity contribution in [1.82, 2.24) is 9.97 Å². The minimum Gasteiger partial charge on any atom is -0.481 e. The van der Waals surface area contributed by atoms with Gasteiger partial charge in [-0.2, -0.15) is 0 Å². The minimum absolute atomic E-state index is 0.0450. The standard InChI is InChI=1S/C27H28N4O5S/c1-35-23-5-3-19-24(30-23)17(7-13-28-19)6-8-26(34)9-11-27(12-10-26)16-31(25(33)36-27)18-2-4-21-20(14-18)29-22(32)15-37-21/h2-5,7,13-14,34H,6,8-12,15-16H2,1H3,(H,29,32)/t26-,27+. The monoisotopic (exact) mass is 520 g/mol. The number of nitrogens with one attached hydrogen (secondary N) is 1. The zero-order valence-corrected chi connectivity index (χ0v) is 21.3. The Morgan fingerprint density at radius 3 is 2.81 bits per heavy atom. The molecule has 6 rings (SSSR count). The van der Waals surface area contributed by atoms with Crippen LogP contribution in [0, 0.1) is 0 Å². The molecule has 0 atom stereocenters. The van der Waals surface area contributed by atoms with Crippen molar-refractivity contribution in [3.8, 4) is 5.88 Å². The van der Waals surface area contributed by atoms with Crippen molar-refractivity contribution in [1.29, 1.82) is 0 Å². The first-order valence-corrected chi connectivity index (χ1v) is 13.4. The van der Waals surface area contributed by atoms with E-state index in [-0.39, 0.29) is 12.0 Å². The molecule has 0 bridgehead atoms. The molecule has 9 nitrogen and oxygen atoms in total. The van der Waals surface area contributed by atoms with Crippen LogP contribution in [0.1, 0.15) is 37.7 Å². The van der Waals surface area contributed by atoms with Crippen molar-refractivity contribution in [3.63, 3.8) is 0 Å². The molecule has 2 aromatic heterocycles. The van der Waals surface area contributed by atoms with E-state index in [2.05, 4.69) is 15.3 Å². The average molecular weight is 521 g/mol. The molecule has 1 aliphatic carbocycles. The summed E-state index contributed by atoms with van der Waals surface area (Å²) in [5.74, 6) is 0.885. The molecule has 37 heavy (non-hydrogen) atoms. The van der Waals surface area contributed by atoms with Gasteiger partial charge in [0, 0.05) is 22.8 Å². The Morgan fingerprint density at radius 1 is 1.16 bits per heavy atom. The number of amides is 2. The van der Waals surface area contributed by atoms with Crippen molar-refractivity contribution in [2.75, 3.05) is 29.6 Å². The molecule has 2 aliphatic heterocycles. The molecule has 2 fully saturated rings. The number of fused-ring (bicyclic) bond motifs is 2. The van der Waals surface area contributed by atoms with Gasteiger partial charge in [-0.1, -0.05) is 0 Å². The highest BCUT2D eigenvalue weighted by atomic mass is 32.2. The summed E-state index contributed by atoms with van der Waals surface area (Å²) < 4.78 is 11.2. The van der Waals surface area contributed by atoms with Crippen LogP contribution >= 0.6 is 11.8 Å². The summed E-state index contributed by atoms with van der Waals surface area (Å²) in [6.07, 6.45) is 4.90. The maximum absolute atomic E-state index is 12.9. The third-order valence-electron chi connectivity index (χ3n) is 7.68. The Balaban J connectivity index is 1.12. The maximum Gasteiger partial charge on any atom is 0.415 e. The van der Waals surface area contributed by atoms with E-state index >= 15 is 0 Å². The zero-order chi connectivity index (χ0) is 25.6. The second-order valence-corrected chi connectivity index (χ2v) is 11.1. The predicted molar refractivity (Wildman–Crippen MR) is 140 cm³/mol. The molecule has 192 valence electrons. The summed E-state index contributed by atoms with van der Waals surface area (Å²) in [6, 6.07) is 11.3. The molecule has 0 radical (unpaired) electrons. The van der Waals surface area contributed by atoms with E-state index in [0.29, 0.717) is 62.4 Å². The minimum atomic E-state index is -0.840. The fourth-order valence-electron chi connectivity index (χ4n) is 5.49.